The second-order valence-corrected chi connectivity index (χ2v) is 7.16. The van der Waals surface area contributed by atoms with E-state index in [-0.39, 0.29) is 11.6 Å². The molecule has 4 rings (SSSR count). The topological polar surface area (TPSA) is 46.5 Å². The number of phenols is 1. The number of benzene rings is 1. The predicted octanol–water partition coefficient (Wildman–Crippen LogP) is 3.54. The number of fused-ring (bicyclic) bond motifs is 5. The minimum Gasteiger partial charge on any atom is -0.508 e. The standard InChI is InChI=1S/C18H22O3/c1-18-9-8-14-13-5-3-12(19)10-11(13)2-4-15(14)16(18)6-7-17(20)21-18/h3,5,10,14-16,19H,2,4,6-9H2,1H3. The third-order valence-electron chi connectivity index (χ3n) is 6.05. The second kappa shape index (κ2) is 4.49. The molecule has 0 radical (unpaired) electrons. The van der Waals surface area contributed by atoms with Crippen LogP contribution in [0.5, 0.6) is 5.75 Å². The van der Waals surface area contributed by atoms with Gasteiger partial charge in [0.05, 0.1) is 0 Å². The number of phenolic OH excluding ortho intramolecular Hbond substituents is 1. The summed E-state index contributed by atoms with van der Waals surface area (Å²) in [6.45, 7) is 2.14. The number of rotatable bonds is 0. The molecule has 0 amide bonds. The van der Waals surface area contributed by atoms with Gasteiger partial charge in [0.25, 0.3) is 0 Å². The Hall–Kier alpha value is -1.51. The van der Waals surface area contributed by atoms with Gasteiger partial charge in [-0.3, -0.25) is 4.79 Å². The molecule has 0 aromatic heterocycles. The van der Waals surface area contributed by atoms with Crippen molar-refractivity contribution in [1.82, 2.24) is 0 Å². The van der Waals surface area contributed by atoms with Crippen molar-refractivity contribution in [1.29, 1.82) is 0 Å². The minimum absolute atomic E-state index is 0.0201. The Balaban J connectivity index is 1.69. The van der Waals surface area contributed by atoms with Crippen LogP contribution in [0.25, 0.3) is 0 Å². The lowest BCUT2D eigenvalue weighted by Crippen LogP contribution is -2.52. The number of carbonyl (C=O) groups excluding carboxylic acids is 1. The van der Waals surface area contributed by atoms with Crippen molar-refractivity contribution in [2.24, 2.45) is 11.8 Å². The Bertz CT molecular complexity index is 594. The number of carbonyl (C=O) groups is 1. The van der Waals surface area contributed by atoms with Crippen molar-refractivity contribution in [2.45, 2.75) is 57.0 Å². The summed E-state index contributed by atoms with van der Waals surface area (Å²) in [4.78, 5) is 11.7. The summed E-state index contributed by atoms with van der Waals surface area (Å²) in [5.41, 5.74) is 2.49. The highest BCUT2D eigenvalue weighted by atomic mass is 16.6. The van der Waals surface area contributed by atoms with E-state index >= 15 is 0 Å². The number of esters is 1. The quantitative estimate of drug-likeness (QED) is 0.742. The molecule has 4 unspecified atom stereocenters. The third-order valence-corrected chi connectivity index (χ3v) is 6.05. The smallest absolute Gasteiger partial charge is 0.306 e. The van der Waals surface area contributed by atoms with Gasteiger partial charge in [0.15, 0.2) is 0 Å². The van der Waals surface area contributed by atoms with Gasteiger partial charge in [0.1, 0.15) is 11.4 Å². The monoisotopic (exact) mass is 286 g/mol. The molecule has 1 saturated heterocycles. The molecule has 3 aliphatic rings. The van der Waals surface area contributed by atoms with E-state index in [9.17, 15) is 9.90 Å². The Morgan fingerprint density at radius 1 is 1.24 bits per heavy atom. The summed E-state index contributed by atoms with van der Waals surface area (Å²) >= 11 is 0. The van der Waals surface area contributed by atoms with Crippen molar-refractivity contribution in [2.75, 3.05) is 0 Å². The first-order valence-corrected chi connectivity index (χ1v) is 8.10. The Morgan fingerprint density at radius 3 is 2.95 bits per heavy atom. The molecular weight excluding hydrogens is 264 g/mol. The number of hydrogen-bond acceptors (Lipinski definition) is 3. The fourth-order valence-corrected chi connectivity index (χ4v) is 5.09. The van der Waals surface area contributed by atoms with Crippen molar-refractivity contribution in [3.63, 3.8) is 0 Å². The van der Waals surface area contributed by atoms with Crippen LogP contribution >= 0.6 is 0 Å². The van der Waals surface area contributed by atoms with Crippen LogP contribution in [-0.2, 0) is 16.0 Å². The molecule has 3 heteroatoms. The summed E-state index contributed by atoms with van der Waals surface area (Å²) in [5, 5.41) is 9.68. The molecule has 2 fully saturated rings. The van der Waals surface area contributed by atoms with E-state index in [1.54, 1.807) is 0 Å². The molecule has 21 heavy (non-hydrogen) atoms. The summed E-state index contributed by atoms with van der Waals surface area (Å²) < 4.78 is 5.75. The Kier molecular flexibility index (Phi) is 2.82. The van der Waals surface area contributed by atoms with Crippen LogP contribution in [0.2, 0.25) is 0 Å². The zero-order valence-electron chi connectivity index (χ0n) is 12.5. The van der Waals surface area contributed by atoms with E-state index in [4.69, 9.17) is 4.74 Å². The Morgan fingerprint density at radius 2 is 2.10 bits per heavy atom. The fourth-order valence-electron chi connectivity index (χ4n) is 5.09. The summed E-state index contributed by atoms with van der Waals surface area (Å²) in [6.07, 6.45) is 5.79. The van der Waals surface area contributed by atoms with Gasteiger partial charge in [-0.1, -0.05) is 6.07 Å². The second-order valence-electron chi connectivity index (χ2n) is 7.16. The van der Waals surface area contributed by atoms with Gasteiger partial charge in [-0.25, -0.2) is 0 Å². The van der Waals surface area contributed by atoms with E-state index in [1.165, 1.54) is 11.1 Å². The largest absolute Gasteiger partial charge is 0.508 e. The van der Waals surface area contributed by atoms with Gasteiger partial charge in [0, 0.05) is 12.3 Å². The van der Waals surface area contributed by atoms with Crippen LogP contribution in [-0.4, -0.2) is 16.7 Å². The maximum atomic E-state index is 11.7. The lowest BCUT2D eigenvalue weighted by molar-refractivity contribution is -0.185. The molecule has 1 saturated carbocycles. The lowest BCUT2D eigenvalue weighted by Gasteiger charge is -2.53. The zero-order valence-corrected chi connectivity index (χ0v) is 12.5. The normalized spacial score (nSPS) is 38.0. The molecule has 2 aliphatic carbocycles. The molecule has 4 atom stereocenters. The van der Waals surface area contributed by atoms with Crippen molar-refractivity contribution < 1.29 is 14.6 Å². The molecule has 0 spiro atoms. The van der Waals surface area contributed by atoms with Gasteiger partial charge >= 0.3 is 5.97 Å². The van der Waals surface area contributed by atoms with Gasteiger partial charge < -0.3 is 9.84 Å². The fraction of sp³-hybridized carbons (Fsp3) is 0.611. The number of aromatic hydroxyl groups is 1. The van der Waals surface area contributed by atoms with Crippen LogP contribution in [0.3, 0.4) is 0 Å². The predicted molar refractivity (Wildman–Crippen MR) is 79.1 cm³/mol. The van der Waals surface area contributed by atoms with E-state index in [0.717, 1.165) is 32.1 Å². The molecule has 1 aromatic rings. The summed E-state index contributed by atoms with van der Waals surface area (Å²) in [5.74, 6) is 2.04. The third kappa shape index (κ3) is 1.97. The number of hydrogen-bond donors (Lipinski definition) is 1. The van der Waals surface area contributed by atoms with E-state index in [2.05, 4.69) is 13.0 Å². The van der Waals surface area contributed by atoms with E-state index in [1.807, 2.05) is 12.1 Å². The van der Waals surface area contributed by atoms with E-state index < -0.39 is 0 Å². The molecule has 112 valence electrons. The van der Waals surface area contributed by atoms with Crippen LogP contribution in [0.4, 0.5) is 0 Å². The average Bonchev–Trinajstić information content (AvgIpc) is 2.45. The lowest BCUT2D eigenvalue weighted by atomic mass is 9.57. The van der Waals surface area contributed by atoms with Crippen LogP contribution in [0.15, 0.2) is 18.2 Å². The van der Waals surface area contributed by atoms with Crippen LogP contribution in [0.1, 0.15) is 56.1 Å². The molecule has 1 heterocycles. The van der Waals surface area contributed by atoms with Gasteiger partial charge in [-0.2, -0.15) is 0 Å². The van der Waals surface area contributed by atoms with Gasteiger partial charge in [0.2, 0.25) is 0 Å². The van der Waals surface area contributed by atoms with Gasteiger partial charge in [-0.05, 0) is 74.1 Å². The minimum atomic E-state index is -0.245. The first kappa shape index (κ1) is 13.2. The average molecular weight is 286 g/mol. The zero-order chi connectivity index (χ0) is 14.6. The highest BCUT2D eigenvalue weighted by molar-refractivity contribution is 5.71. The maximum Gasteiger partial charge on any atom is 0.306 e. The van der Waals surface area contributed by atoms with Crippen molar-refractivity contribution in [3.8, 4) is 5.75 Å². The van der Waals surface area contributed by atoms with Crippen LogP contribution < -0.4 is 0 Å². The molecule has 1 aromatic carbocycles. The van der Waals surface area contributed by atoms with Crippen molar-refractivity contribution in [3.05, 3.63) is 29.3 Å². The Labute approximate surface area is 125 Å². The molecule has 0 bridgehead atoms. The molecule has 1 N–H and O–H groups in total. The van der Waals surface area contributed by atoms with Gasteiger partial charge in [-0.15, -0.1) is 0 Å². The number of aryl methyl sites for hydroxylation is 1. The highest BCUT2D eigenvalue weighted by Crippen LogP contribution is 2.55. The number of ether oxygens (including phenoxy) is 1. The molecular formula is C18H22O3. The molecule has 1 aliphatic heterocycles. The first-order valence-electron chi connectivity index (χ1n) is 8.10. The maximum absolute atomic E-state index is 11.7. The van der Waals surface area contributed by atoms with E-state index in [0.29, 0.717) is 29.9 Å². The summed E-state index contributed by atoms with van der Waals surface area (Å²) in [6, 6.07) is 5.86. The van der Waals surface area contributed by atoms with Crippen molar-refractivity contribution >= 4 is 5.97 Å². The van der Waals surface area contributed by atoms with Crippen LogP contribution in [0, 0.1) is 11.8 Å². The highest BCUT2D eigenvalue weighted by Gasteiger charge is 2.52. The first-order chi connectivity index (χ1) is 10.1. The molecule has 3 nitrogen and oxygen atoms in total. The summed E-state index contributed by atoms with van der Waals surface area (Å²) in [7, 11) is 0. The SMILES string of the molecule is CC12CCC3c4ccc(O)cc4CCC3C1CCC(=O)O2.